The molecule has 0 aliphatic carbocycles. The molecule has 0 spiro atoms. The summed E-state index contributed by atoms with van der Waals surface area (Å²) in [5.74, 6) is -0.814. The minimum Gasteiger partial charge on any atom is -0.478 e. The molecule has 0 heterocycles. The Kier molecular flexibility index (Phi) is 6.82. The number of carbonyl (C=O) groups excluding carboxylic acids is 2. The highest BCUT2D eigenvalue weighted by atomic mass is 32.2. The third-order valence-corrected chi connectivity index (χ3v) is 3.93. The maximum absolute atomic E-state index is 13.5. The van der Waals surface area contributed by atoms with Crippen LogP contribution in [0.15, 0.2) is 48.5 Å². The highest BCUT2D eigenvalue weighted by Gasteiger charge is 2.17. The molecular weight excluding hydrogens is 343 g/mol. The fourth-order valence-electron chi connectivity index (χ4n) is 2.05. The number of para-hydroxylation sites is 1. The van der Waals surface area contributed by atoms with Gasteiger partial charge < -0.3 is 4.74 Å². The van der Waals surface area contributed by atoms with Crippen LogP contribution in [-0.2, 0) is 10.5 Å². The van der Waals surface area contributed by atoms with E-state index in [2.05, 4.69) is 10.9 Å². The van der Waals surface area contributed by atoms with Crippen LogP contribution in [0, 0.1) is 5.82 Å². The standard InChI is InChI=1S/C18H19FN2O3S/c1-12(24-16-9-4-3-8-15(16)19)17(22)20-21-18(23)14-7-5-6-13(10-14)11-25-2/h3-10,12H,11H2,1-2H3,(H,20,22)(H,21,23)/t12-/m0/s1. The predicted octanol–water partition coefficient (Wildman–Crippen LogP) is 2.92. The lowest BCUT2D eigenvalue weighted by molar-refractivity contribution is -0.128. The molecule has 0 aliphatic rings. The lowest BCUT2D eigenvalue weighted by atomic mass is 10.1. The Bertz CT molecular complexity index is 755. The third kappa shape index (κ3) is 5.49. The second kappa shape index (κ2) is 9.08. The Balaban J connectivity index is 1.89. The van der Waals surface area contributed by atoms with Crippen LogP contribution >= 0.6 is 11.8 Å². The zero-order valence-corrected chi connectivity index (χ0v) is 14.7. The van der Waals surface area contributed by atoms with E-state index in [0.717, 1.165) is 11.3 Å². The summed E-state index contributed by atoms with van der Waals surface area (Å²) < 4.78 is 18.8. The van der Waals surface area contributed by atoms with Crippen molar-refractivity contribution in [2.45, 2.75) is 18.8 Å². The molecule has 2 aromatic rings. The number of ether oxygens (including phenoxy) is 1. The Hall–Kier alpha value is -2.54. The van der Waals surface area contributed by atoms with Gasteiger partial charge in [-0.15, -0.1) is 0 Å². The quantitative estimate of drug-likeness (QED) is 0.776. The molecular formula is C18H19FN2O3S. The summed E-state index contributed by atoms with van der Waals surface area (Å²) in [4.78, 5) is 24.1. The highest BCUT2D eigenvalue weighted by molar-refractivity contribution is 7.97. The van der Waals surface area contributed by atoms with Gasteiger partial charge >= 0.3 is 0 Å². The van der Waals surface area contributed by atoms with Gasteiger partial charge in [-0.25, -0.2) is 4.39 Å². The van der Waals surface area contributed by atoms with Crippen LogP contribution < -0.4 is 15.6 Å². The van der Waals surface area contributed by atoms with Gasteiger partial charge in [-0.05, 0) is 43.0 Å². The number of hydrogen-bond donors (Lipinski definition) is 2. The molecule has 0 fully saturated rings. The van der Waals surface area contributed by atoms with Crippen molar-refractivity contribution in [1.29, 1.82) is 0 Å². The molecule has 5 nitrogen and oxygen atoms in total. The third-order valence-electron chi connectivity index (χ3n) is 3.31. The van der Waals surface area contributed by atoms with Gasteiger partial charge in [0.05, 0.1) is 0 Å². The lowest BCUT2D eigenvalue weighted by Crippen LogP contribution is -2.47. The Labute approximate surface area is 149 Å². The van der Waals surface area contributed by atoms with Crippen molar-refractivity contribution in [1.82, 2.24) is 10.9 Å². The molecule has 0 radical (unpaired) electrons. The maximum Gasteiger partial charge on any atom is 0.279 e. The maximum atomic E-state index is 13.5. The molecule has 1 atom stereocenters. The van der Waals surface area contributed by atoms with Crippen molar-refractivity contribution in [2.24, 2.45) is 0 Å². The molecule has 25 heavy (non-hydrogen) atoms. The largest absolute Gasteiger partial charge is 0.478 e. The molecule has 2 aromatic carbocycles. The molecule has 0 saturated heterocycles. The summed E-state index contributed by atoms with van der Waals surface area (Å²) in [6.45, 7) is 1.47. The summed E-state index contributed by atoms with van der Waals surface area (Å²) in [5.41, 5.74) is 6.07. The van der Waals surface area contributed by atoms with E-state index < -0.39 is 23.7 Å². The van der Waals surface area contributed by atoms with E-state index >= 15 is 0 Å². The van der Waals surface area contributed by atoms with Crippen molar-refractivity contribution in [3.8, 4) is 5.75 Å². The second-order valence-corrected chi connectivity index (χ2v) is 6.13. The van der Waals surface area contributed by atoms with Crippen LogP contribution in [0.5, 0.6) is 5.75 Å². The van der Waals surface area contributed by atoms with Crippen molar-refractivity contribution in [3.63, 3.8) is 0 Å². The van der Waals surface area contributed by atoms with Crippen LogP contribution in [0.3, 0.4) is 0 Å². The monoisotopic (exact) mass is 362 g/mol. The van der Waals surface area contributed by atoms with E-state index in [1.54, 1.807) is 36.0 Å². The molecule has 2 rings (SSSR count). The van der Waals surface area contributed by atoms with Crippen LogP contribution in [0.4, 0.5) is 4.39 Å². The summed E-state index contributed by atoms with van der Waals surface area (Å²) in [6, 6.07) is 12.9. The summed E-state index contributed by atoms with van der Waals surface area (Å²) in [6.07, 6.45) is 1.00. The van der Waals surface area contributed by atoms with Gasteiger partial charge in [0.1, 0.15) is 0 Å². The topological polar surface area (TPSA) is 67.4 Å². The molecule has 0 aliphatic heterocycles. The summed E-state index contributed by atoms with van der Waals surface area (Å²) >= 11 is 1.65. The second-order valence-electron chi connectivity index (χ2n) is 5.27. The number of benzene rings is 2. The number of rotatable bonds is 6. The normalized spacial score (nSPS) is 11.5. The molecule has 2 amide bonds. The molecule has 2 N–H and O–H groups in total. The fraction of sp³-hybridized carbons (Fsp3) is 0.222. The first kappa shape index (κ1) is 18.8. The number of amides is 2. The SMILES string of the molecule is CSCc1cccc(C(=O)NNC(=O)[C@H](C)Oc2ccccc2F)c1. The predicted molar refractivity (Wildman–Crippen MR) is 95.8 cm³/mol. The lowest BCUT2D eigenvalue weighted by Gasteiger charge is -2.15. The van der Waals surface area contributed by atoms with Gasteiger partial charge in [0.2, 0.25) is 0 Å². The highest BCUT2D eigenvalue weighted by Crippen LogP contribution is 2.17. The number of hydrazine groups is 1. The molecule has 0 unspecified atom stereocenters. The average Bonchev–Trinajstić information content (AvgIpc) is 2.61. The van der Waals surface area contributed by atoms with Gasteiger partial charge in [0, 0.05) is 11.3 Å². The fourth-order valence-corrected chi connectivity index (χ4v) is 2.56. The number of hydrogen-bond acceptors (Lipinski definition) is 4. The van der Waals surface area contributed by atoms with E-state index in [0.29, 0.717) is 5.56 Å². The number of nitrogens with one attached hydrogen (secondary N) is 2. The van der Waals surface area contributed by atoms with Crippen molar-refractivity contribution in [2.75, 3.05) is 6.26 Å². The smallest absolute Gasteiger partial charge is 0.279 e. The van der Waals surface area contributed by atoms with Gasteiger partial charge in [0.25, 0.3) is 11.8 Å². The Morgan fingerprint density at radius 1 is 1.16 bits per heavy atom. The molecule has 0 aromatic heterocycles. The first-order chi connectivity index (χ1) is 12.0. The summed E-state index contributed by atoms with van der Waals surface area (Å²) in [5, 5.41) is 0. The van der Waals surface area contributed by atoms with E-state index in [1.165, 1.54) is 25.1 Å². The minimum absolute atomic E-state index is 0.0266. The average molecular weight is 362 g/mol. The first-order valence-corrected chi connectivity index (χ1v) is 9.00. The van der Waals surface area contributed by atoms with E-state index in [1.807, 2.05) is 12.3 Å². The Morgan fingerprint density at radius 2 is 1.92 bits per heavy atom. The van der Waals surface area contributed by atoms with Gasteiger partial charge in [-0.2, -0.15) is 11.8 Å². The molecule has 7 heteroatoms. The van der Waals surface area contributed by atoms with E-state index in [9.17, 15) is 14.0 Å². The van der Waals surface area contributed by atoms with Gasteiger partial charge in [-0.3, -0.25) is 20.4 Å². The zero-order chi connectivity index (χ0) is 18.2. The Morgan fingerprint density at radius 3 is 2.64 bits per heavy atom. The molecule has 0 bridgehead atoms. The van der Waals surface area contributed by atoms with Crippen molar-refractivity contribution < 1.29 is 18.7 Å². The van der Waals surface area contributed by atoms with Gasteiger partial charge in [0.15, 0.2) is 17.7 Å². The van der Waals surface area contributed by atoms with E-state index in [-0.39, 0.29) is 5.75 Å². The zero-order valence-electron chi connectivity index (χ0n) is 13.9. The first-order valence-electron chi connectivity index (χ1n) is 7.60. The summed E-state index contributed by atoms with van der Waals surface area (Å²) in [7, 11) is 0. The van der Waals surface area contributed by atoms with Crippen molar-refractivity contribution in [3.05, 3.63) is 65.5 Å². The van der Waals surface area contributed by atoms with Crippen LogP contribution in [0.1, 0.15) is 22.8 Å². The molecule has 0 saturated carbocycles. The van der Waals surface area contributed by atoms with Crippen molar-refractivity contribution >= 4 is 23.6 Å². The van der Waals surface area contributed by atoms with Crippen LogP contribution in [0.2, 0.25) is 0 Å². The van der Waals surface area contributed by atoms with Crippen LogP contribution in [-0.4, -0.2) is 24.2 Å². The number of carbonyl (C=O) groups is 2. The van der Waals surface area contributed by atoms with Gasteiger partial charge in [-0.1, -0.05) is 24.3 Å². The number of halogens is 1. The molecule has 132 valence electrons. The minimum atomic E-state index is -0.972. The number of thioether (sulfide) groups is 1. The van der Waals surface area contributed by atoms with Crippen LogP contribution in [0.25, 0.3) is 0 Å². The van der Waals surface area contributed by atoms with E-state index in [4.69, 9.17) is 4.74 Å².